The lowest BCUT2D eigenvalue weighted by Gasteiger charge is -2.15. The molecule has 0 spiro atoms. The molecule has 0 amide bonds. The van der Waals surface area contributed by atoms with E-state index in [1.807, 2.05) is 6.92 Å². The van der Waals surface area contributed by atoms with Gasteiger partial charge in [-0.3, -0.25) is 4.90 Å². The molecule has 2 N–H and O–H groups in total. The summed E-state index contributed by atoms with van der Waals surface area (Å²) < 4.78 is 5.62. The van der Waals surface area contributed by atoms with E-state index in [0.717, 1.165) is 29.9 Å². The topological polar surface area (TPSA) is 42.4 Å². The number of rotatable bonds is 3. The minimum Gasteiger partial charge on any atom is -0.465 e. The number of hydrogen-bond donors (Lipinski definition) is 1. The van der Waals surface area contributed by atoms with Gasteiger partial charge in [0.1, 0.15) is 11.5 Å². The number of nitrogens with two attached hydrogens (primary N) is 1. The Morgan fingerprint density at radius 3 is 2.65 bits per heavy atom. The van der Waals surface area contributed by atoms with Gasteiger partial charge in [-0.1, -0.05) is 6.42 Å². The zero-order valence-corrected chi connectivity index (χ0v) is 10.6. The fourth-order valence-electron chi connectivity index (χ4n) is 3.55. The highest BCUT2D eigenvalue weighted by Gasteiger charge is 2.35. The Morgan fingerprint density at radius 2 is 2.06 bits per heavy atom. The van der Waals surface area contributed by atoms with Crippen LogP contribution in [0, 0.1) is 18.8 Å². The van der Waals surface area contributed by atoms with Crippen molar-refractivity contribution >= 4 is 0 Å². The van der Waals surface area contributed by atoms with Gasteiger partial charge in [0.15, 0.2) is 0 Å². The Kier molecular flexibility index (Phi) is 2.97. The van der Waals surface area contributed by atoms with Gasteiger partial charge in [0.2, 0.25) is 0 Å². The number of hydrogen-bond acceptors (Lipinski definition) is 3. The van der Waals surface area contributed by atoms with Gasteiger partial charge in [-0.2, -0.15) is 0 Å². The van der Waals surface area contributed by atoms with Crippen LogP contribution in [-0.2, 0) is 13.1 Å². The zero-order chi connectivity index (χ0) is 11.8. The number of furan rings is 1. The summed E-state index contributed by atoms with van der Waals surface area (Å²) in [4.78, 5) is 2.59. The van der Waals surface area contributed by atoms with Crippen molar-refractivity contribution in [3.05, 3.63) is 23.2 Å². The van der Waals surface area contributed by atoms with Gasteiger partial charge in [0.05, 0.1) is 6.54 Å². The van der Waals surface area contributed by atoms with Crippen molar-refractivity contribution in [3.63, 3.8) is 0 Å². The van der Waals surface area contributed by atoms with Gasteiger partial charge in [-0.25, -0.2) is 0 Å². The van der Waals surface area contributed by atoms with Crippen molar-refractivity contribution in [1.82, 2.24) is 4.90 Å². The van der Waals surface area contributed by atoms with E-state index in [0.29, 0.717) is 6.54 Å². The maximum atomic E-state index is 5.62. The van der Waals surface area contributed by atoms with Crippen LogP contribution in [0.1, 0.15) is 36.3 Å². The third-order valence-corrected chi connectivity index (χ3v) is 4.47. The van der Waals surface area contributed by atoms with Crippen molar-refractivity contribution in [2.24, 2.45) is 17.6 Å². The van der Waals surface area contributed by atoms with E-state index in [1.54, 1.807) is 0 Å². The molecular weight excluding hydrogens is 212 g/mol. The summed E-state index contributed by atoms with van der Waals surface area (Å²) in [6, 6.07) is 2.13. The molecule has 0 bridgehead atoms. The number of fused-ring (bicyclic) bond motifs is 1. The summed E-state index contributed by atoms with van der Waals surface area (Å²) in [6.45, 7) is 6.17. The molecule has 94 valence electrons. The Balaban J connectivity index is 1.65. The van der Waals surface area contributed by atoms with Gasteiger partial charge in [0, 0.05) is 25.2 Å². The van der Waals surface area contributed by atoms with Gasteiger partial charge in [-0.05, 0) is 37.7 Å². The first-order valence-corrected chi connectivity index (χ1v) is 6.77. The predicted octanol–water partition coefficient (Wildman–Crippen LogP) is 2.28. The molecule has 1 saturated carbocycles. The van der Waals surface area contributed by atoms with Gasteiger partial charge >= 0.3 is 0 Å². The molecule has 2 fully saturated rings. The van der Waals surface area contributed by atoms with Crippen LogP contribution in [0.5, 0.6) is 0 Å². The third kappa shape index (κ3) is 2.14. The lowest BCUT2D eigenvalue weighted by Crippen LogP contribution is -2.21. The lowest BCUT2D eigenvalue weighted by molar-refractivity contribution is 0.301. The molecule has 1 aromatic heterocycles. The summed E-state index contributed by atoms with van der Waals surface area (Å²) in [6.07, 6.45) is 4.34. The Morgan fingerprint density at radius 1 is 1.35 bits per heavy atom. The van der Waals surface area contributed by atoms with E-state index >= 15 is 0 Å². The summed E-state index contributed by atoms with van der Waals surface area (Å²) >= 11 is 0. The largest absolute Gasteiger partial charge is 0.465 e. The van der Waals surface area contributed by atoms with Gasteiger partial charge < -0.3 is 10.2 Å². The highest BCUT2D eigenvalue weighted by Crippen LogP contribution is 2.38. The highest BCUT2D eigenvalue weighted by atomic mass is 16.3. The number of likely N-dealkylation sites (tertiary alicyclic amines) is 1. The molecule has 1 saturated heterocycles. The molecule has 3 nitrogen and oxygen atoms in total. The smallest absolute Gasteiger partial charge is 0.118 e. The molecule has 2 unspecified atom stereocenters. The fraction of sp³-hybridized carbons (Fsp3) is 0.714. The molecule has 3 rings (SSSR count). The maximum Gasteiger partial charge on any atom is 0.118 e. The van der Waals surface area contributed by atoms with E-state index < -0.39 is 0 Å². The molecule has 1 aliphatic heterocycles. The van der Waals surface area contributed by atoms with E-state index in [-0.39, 0.29) is 0 Å². The molecule has 2 heterocycles. The Bertz CT molecular complexity index is 387. The van der Waals surface area contributed by atoms with E-state index in [4.69, 9.17) is 10.2 Å². The van der Waals surface area contributed by atoms with E-state index in [1.165, 1.54) is 37.9 Å². The first kappa shape index (κ1) is 11.3. The minimum atomic E-state index is 0.506. The van der Waals surface area contributed by atoms with Crippen molar-refractivity contribution in [2.75, 3.05) is 13.1 Å². The summed E-state index contributed by atoms with van der Waals surface area (Å²) in [5.41, 5.74) is 6.93. The fourth-order valence-corrected chi connectivity index (χ4v) is 3.55. The molecule has 2 atom stereocenters. The Hall–Kier alpha value is -0.800. The second kappa shape index (κ2) is 4.46. The molecule has 0 aromatic carbocycles. The zero-order valence-electron chi connectivity index (χ0n) is 10.6. The predicted molar refractivity (Wildman–Crippen MR) is 67.4 cm³/mol. The van der Waals surface area contributed by atoms with Crippen LogP contribution in [0.3, 0.4) is 0 Å². The molecule has 1 aliphatic carbocycles. The van der Waals surface area contributed by atoms with Crippen molar-refractivity contribution in [3.8, 4) is 0 Å². The quantitative estimate of drug-likeness (QED) is 0.872. The van der Waals surface area contributed by atoms with Crippen LogP contribution >= 0.6 is 0 Å². The SMILES string of the molecule is Cc1oc(CN)cc1CN1CC2CCCC2C1. The normalized spacial score (nSPS) is 28.8. The standard InChI is InChI=1S/C14H22N2O/c1-10-13(5-14(6-15)17-10)9-16-7-11-3-2-4-12(11)8-16/h5,11-12H,2-4,6-9,15H2,1H3. The number of nitrogens with zero attached hydrogens (tertiary/aromatic N) is 1. The maximum absolute atomic E-state index is 5.62. The molecular formula is C14H22N2O. The Labute approximate surface area is 103 Å². The van der Waals surface area contributed by atoms with Gasteiger partial charge in [0.25, 0.3) is 0 Å². The lowest BCUT2D eigenvalue weighted by atomic mass is 10.0. The average Bonchev–Trinajstić information content (AvgIpc) is 2.94. The second-order valence-electron chi connectivity index (χ2n) is 5.64. The number of aryl methyl sites for hydroxylation is 1. The second-order valence-corrected chi connectivity index (χ2v) is 5.64. The van der Waals surface area contributed by atoms with E-state index in [9.17, 15) is 0 Å². The van der Waals surface area contributed by atoms with Crippen molar-refractivity contribution in [2.45, 2.75) is 39.3 Å². The third-order valence-electron chi connectivity index (χ3n) is 4.47. The van der Waals surface area contributed by atoms with Crippen molar-refractivity contribution in [1.29, 1.82) is 0 Å². The molecule has 3 heteroatoms. The molecule has 2 aliphatic rings. The van der Waals surface area contributed by atoms with Crippen molar-refractivity contribution < 1.29 is 4.42 Å². The van der Waals surface area contributed by atoms with Gasteiger partial charge in [-0.15, -0.1) is 0 Å². The summed E-state index contributed by atoms with van der Waals surface area (Å²) in [5, 5.41) is 0. The first-order valence-electron chi connectivity index (χ1n) is 6.77. The van der Waals surface area contributed by atoms with Crippen LogP contribution in [0.2, 0.25) is 0 Å². The van der Waals surface area contributed by atoms with E-state index in [2.05, 4.69) is 11.0 Å². The summed E-state index contributed by atoms with van der Waals surface area (Å²) in [7, 11) is 0. The highest BCUT2D eigenvalue weighted by molar-refractivity contribution is 5.21. The van der Waals surface area contributed by atoms with Crippen LogP contribution < -0.4 is 5.73 Å². The van der Waals surface area contributed by atoms with Crippen LogP contribution in [0.25, 0.3) is 0 Å². The molecule has 0 radical (unpaired) electrons. The molecule has 17 heavy (non-hydrogen) atoms. The first-order chi connectivity index (χ1) is 8.26. The monoisotopic (exact) mass is 234 g/mol. The van der Waals surface area contributed by atoms with Crippen LogP contribution in [0.15, 0.2) is 10.5 Å². The summed E-state index contributed by atoms with van der Waals surface area (Å²) in [5.74, 6) is 3.90. The molecule has 1 aromatic rings. The minimum absolute atomic E-state index is 0.506. The van der Waals surface area contributed by atoms with Crippen LogP contribution in [0.4, 0.5) is 0 Å². The van der Waals surface area contributed by atoms with Crippen LogP contribution in [-0.4, -0.2) is 18.0 Å². The average molecular weight is 234 g/mol.